The molecule has 2 fully saturated rings. The molecule has 1 saturated carbocycles. The molecular formula is C16H24N8O. The van der Waals surface area contributed by atoms with E-state index >= 15 is 0 Å². The predicted molar refractivity (Wildman–Crippen MR) is 95.1 cm³/mol. The first-order valence-corrected chi connectivity index (χ1v) is 8.77. The van der Waals surface area contributed by atoms with Crippen molar-refractivity contribution in [1.29, 1.82) is 0 Å². The molecular weight excluding hydrogens is 320 g/mol. The third kappa shape index (κ3) is 3.11. The fourth-order valence-corrected chi connectivity index (χ4v) is 3.20. The number of anilines is 2. The highest BCUT2D eigenvalue weighted by Crippen LogP contribution is 2.22. The fourth-order valence-electron chi connectivity index (χ4n) is 3.20. The van der Waals surface area contributed by atoms with E-state index in [-0.39, 0.29) is 11.9 Å². The number of aromatic nitrogens is 4. The highest BCUT2D eigenvalue weighted by atomic mass is 16.2. The Labute approximate surface area is 146 Å². The molecule has 134 valence electrons. The Morgan fingerprint density at radius 1 is 1.28 bits per heavy atom. The lowest BCUT2D eigenvalue weighted by Crippen LogP contribution is -2.54. The Hall–Kier alpha value is -2.42. The van der Waals surface area contributed by atoms with Crippen LogP contribution in [0.1, 0.15) is 19.8 Å². The summed E-state index contributed by atoms with van der Waals surface area (Å²) in [7, 11) is 1.84. The monoisotopic (exact) mass is 344 g/mol. The number of aryl methyl sites for hydroxylation is 1. The number of nitrogens with two attached hydrogens (primary N) is 1. The van der Waals surface area contributed by atoms with Crippen molar-refractivity contribution in [2.75, 3.05) is 36.8 Å². The van der Waals surface area contributed by atoms with E-state index in [0.717, 1.165) is 50.1 Å². The number of rotatable bonds is 4. The SMILES string of the molecule is CC(C(=O)NC1CC1)N1CCN(c2nc(N)c3cnn(C)c3n2)CC1. The molecule has 2 aliphatic rings. The lowest BCUT2D eigenvalue weighted by molar-refractivity contribution is -0.126. The number of fused-ring (bicyclic) bond motifs is 1. The van der Waals surface area contributed by atoms with E-state index in [9.17, 15) is 4.79 Å². The van der Waals surface area contributed by atoms with Gasteiger partial charge < -0.3 is 16.0 Å². The topological polar surface area (TPSA) is 105 Å². The van der Waals surface area contributed by atoms with Crippen molar-refractivity contribution in [2.24, 2.45) is 7.05 Å². The van der Waals surface area contributed by atoms with Gasteiger partial charge in [-0.15, -0.1) is 0 Å². The average Bonchev–Trinajstić information content (AvgIpc) is 3.35. The van der Waals surface area contributed by atoms with Crippen LogP contribution in [0.3, 0.4) is 0 Å². The zero-order valence-electron chi connectivity index (χ0n) is 14.6. The summed E-state index contributed by atoms with van der Waals surface area (Å²) in [4.78, 5) is 25.6. The molecule has 0 radical (unpaired) electrons. The Bertz CT molecular complexity index is 791. The molecule has 3 N–H and O–H groups in total. The van der Waals surface area contributed by atoms with Crippen LogP contribution in [0.15, 0.2) is 6.20 Å². The minimum atomic E-state index is -0.103. The fraction of sp³-hybridized carbons (Fsp3) is 0.625. The highest BCUT2D eigenvalue weighted by Gasteiger charge is 2.30. The Morgan fingerprint density at radius 3 is 2.68 bits per heavy atom. The summed E-state index contributed by atoms with van der Waals surface area (Å²) in [5, 5.41) is 8.04. The van der Waals surface area contributed by atoms with Crippen LogP contribution in [0.2, 0.25) is 0 Å². The maximum absolute atomic E-state index is 12.2. The van der Waals surface area contributed by atoms with Crippen LogP contribution in [0.5, 0.6) is 0 Å². The predicted octanol–water partition coefficient (Wildman–Crippen LogP) is -0.265. The lowest BCUT2D eigenvalue weighted by atomic mass is 10.2. The number of hydrogen-bond donors (Lipinski definition) is 2. The van der Waals surface area contributed by atoms with E-state index < -0.39 is 0 Å². The first kappa shape index (κ1) is 16.1. The van der Waals surface area contributed by atoms with Crippen molar-refractivity contribution >= 4 is 28.7 Å². The molecule has 1 amide bonds. The van der Waals surface area contributed by atoms with E-state index in [1.165, 1.54) is 0 Å². The van der Waals surface area contributed by atoms with Crippen molar-refractivity contribution < 1.29 is 4.79 Å². The van der Waals surface area contributed by atoms with Gasteiger partial charge in [0.15, 0.2) is 5.65 Å². The third-order valence-electron chi connectivity index (χ3n) is 5.06. The summed E-state index contributed by atoms with van der Waals surface area (Å²) in [6.07, 6.45) is 3.91. The number of nitrogens with zero attached hydrogens (tertiary/aromatic N) is 6. The van der Waals surface area contributed by atoms with E-state index in [1.807, 2.05) is 14.0 Å². The largest absolute Gasteiger partial charge is 0.383 e. The van der Waals surface area contributed by atoms with Gasteiger partial charge in [0, 0.05) is 39.3 Å². The van der Waals surface area contributed by atoms with Crippen LogP contribution < -0.4 is 16.0 Å². The maximum Gasteiger partial charge on any atom is 0.237 e. The van der Waals surface area contributed by atoms with Crippen LogP contribution in [0, 0.1) is 0 Å². The van der Waals surface area contributed by atoms with Crippen LogP contribution in [0.4, 0.5) is 11.8 Å². The zero-order chi connectivity index (χ0) is 17.6. The zero-order valence-corrected chi connectivity index (χ0v) is 14.6. The first-order valence-electron chi connectivity index (χ1n) is 8.77. The second kappa shape index (κ2) is 6.14. The smallest absolute Gasteiger partial charge is 0.237 e. The Balaban J connectivity index is 1.43. The van der Waals surface area contributed by atoms with Crippen LogP contribution in [-0.4, -0.2) is 68.8 Å². The number of nitrogens with one attached hydrogen (secondary N) is 1. The number of hydrogen-bond acceptors (Lipinski definition) is 7. The molecule has 1 atom stereocenters. The van der Waals surface area contributed by atoms with Crippen LogP contribution in [-0.2, 0) is 11.8 Å². The molecule has 25 heavy (non-hydrogen) atoms. The van der Waals surface area contributed by atoms with Gasteiger partial charge in [0.2, 0.25) is 11.9 Å². The summed E-state index contributed by atoms with van der Waals surface area (Å²) >= 11 is 0. The van der Waals surface area contributed by atoms with E-state index in [4.69, 9.17) is 5.73 Å². The van der Waals surface area contributed by atoms with Gasteiger partial charge in [-0.1, -0.05) is 0 Å². The van der Waals surface area contributed by atoms with E-state index in [1.54, 1.807) is 10.9 Å². The standard InChI is InChI=1S/C16H24N8O/c1-10(15(25)19-11-3-4-11)23-5-7-24(8-6-23)16-20-13(17)12-9-18-22(2)14(12)21-16/h9-11H,3-8H2,1-2H3,(H,19,25)(H2,17,20,21). The van der Waals surface area contributed by atoms with Gasteiger partial charge in [0.25, 0.3) is 0 Å². The van der Waals surface area contributed by atoms with Gasteiger partial charge >= 0.3 is 0 Å². The van der Waals surface area contributed by atoms with Gasteiger partial charge in [-0.25, -0.2) is 0 Å². The molecule has 0 spiro atoms. The molecule has 1 aliphatic carbocycles. The summed E-state index contributed by atoms with van der Waals surface area (Å²) in [5.41, 5.74) is 6.79. The number of piperazine rings is 1. The van der Waals surface area contributed by atoms with E-state index in [0.29, 0.717) is 17.8 Å². The molecule has 3 heterocycles. The summed E-state index contributed by atoms with van der Waals surface area (Å²) in [5.74, 6) is 1.21. The molecule has 9 nitrogen and oxygen atoms in total. The quantitative estimate of drug-likeness (QED) is 0.787. The second-order valence-electron chi connectivity index (χ2n) is 6.90. The first-order chi connectivity index (χ1) is 12.0. The minimum absolute atomic E-state index is 0.103. The number of amides is 1. The number of carbonyl (C=O) groups is 1. The van der Waals surface area contributed by atoms with Crippen molar-refractivity contribution in [1.82, 2.24) is 30.0 Å². The molecule has 4 rings (SSSR count). The number of nitrogen functional groups attached to an aromatic ring is 1. The molecule has 9 heteroatoms. The highest BCUT2D eigenvalue weighted by molar-refractivity contribution is 5.86. The van der Waals surface area contributed by atoms with E-state index in [2.05, 4.69) is 30.2 Å². The van der Waals surface area contributed by atoms with Crippen molar-refractivity contribution in [3.05, 3.63) is 6.20 Å². The molecule has 2 aromatic heterocycles. The second-order valence-corrected chi connectivity index (χ2v) is 6.90. The van der Waals surface area contributed by atoms with Gasteiger partial charge in [0.1, 0.15) is 5.82 Å². The van der Waals surface area contributed by atoms with Crippen LogP contribution in [0.25, 0.3) is 11.0 Å². The van der Waals surface area contributed by atoms with Crippen LogP contribution >= 0.6 is 0 Å². The minimum Gasteiger partial charge on any atom is -0.383 e. The molecule has 1 unspecified atom stereocenters. The Kier molecular flexibility index (Phi) is 3.95. The van der Waals surface area contributed by atoms with Gasteiger partial charge in [0.05, 0.1) is 17.6 Å². The molecule has 1 aliphatic heterocycles. The molecule has 0 aromatic carbocycles. The summed E-state index contributed by atoms with van der Waals surface area (Å²) in [6.45, 7) is 5.11. The Morgan fingerprint density at radius 2 is 2.00 bits per heavy atom. The average molecular weight is 344 g/mol. The summed E-state index contributed by atoms with van der Waals surface area (Å²) in [6, 6.07) is 0.298. The van der Waals surface area contributed by atoms with Gasteiger partial charge in [-0.2, -0.15) is 15.1 Å². The van der Waals surface area contributed by atoms with Gasteiger partial charge in [-0.05, 0) is 19.8 Å². The van der Waals surface area contributed by atoms with Gasteiger partial charge in [-0.3, -0.25) is 14.4 Å². The summed E-state index contributed by atoms with van der Waals surface area (Å²) < 4.78 is 1.71. The lowest BCUT2D eigenvalue weighted by Gasteiger charge is -2.37. The van der Waals surface area contributed by atoms with Crippen molar-refractivity contribution in [3.63, 3.8) is 0 Å². The molecule has 0 bridgehead atoms. The van der Waals surface area contributed by atoms with Crippen molar-refractivity contribution in [2.45, 2.75) is 31.8 Å². The molecule has 1 saturated heterocycles. The number of carbonyl (C=O) groups excluding carboxylic acids is 1. The van der Waals surface area contributed by atoms with Crippen molar-refractivity contribution in [3.8, 4) is 0 Å². The third-order valence-corrected chi connectivity index (χ3v) is 5.06. The normalized spacial score (nSPS) is 20.0. The molecule has 2 aromatic rings. The maximum atomic E-state index is 12.2.